The number of hydrogen-bond donors (Lipinski definition) is 1. The highest BCUT2D eigenvalue weighted by Crippen LogP contribution is 1.90. The summed E-state index contributed by atoms with van der Waals surface area (Å²) >= 11 is 0. The fourth-order valence-corrected chi connectivity index (χ4v) is 1.01. The third kappa shape index (κ3) is 9.09. The highest BCUT2D eigenvalue weighted by atomic mass is 14.9. The van der Waals surface area contributed by atoms with E-state index in [1.54, 1.807) is 0 Å². The number of rotatable bonds is 0. The van der Waals surface area contributed by atoms with Gasteiger partial charge in [-0.25, -0.2) is 0 Å². The first-order valence-electron chi connectivity index (χ1n) is 5.21. The van der Waals surface area contributed by atoms with Gasteiger partial charge in [-0.3, -0.25) is 0 Å². The molecule has 0 aromatic heterocycles. The predicted molar refractivity (Wildman–Crippen MR) is 59.9 cm³/mol. The molecule has 1 aromatic rings. The van der Waals surface area contributed by atoms with Crippen molar-refractivity contribution in [3.05, 3.63) is 36.4 Å². The van der Waals surface area contributed by atoms with Crippen LogP contribution in [0.25, 0.3) is 0 Å². The normalized spacial score (nSPS) is 13.4. The van der Waals surface area contributed by atoms with Crippen LogP contribution in [0.3, 0.4) is 0 Å². The summed E-state index contributed by atoms with van der Waals surface area (Å²) in [4.78, 5) is 0. The Labute approximate surface area is 82.2 Å². The molecular formula is C12H21N. The molecule has 1 nitrogen and oxygen atoms in total. The van der Waals surface area contributed by atoms with Crippen LogP contribution in [0.4, 0.5) is 0 Å². The fraction of sp³-hybridized carbons (Fsp3) is 0.500. The lowest BCUT2D eigenvalue weighted by Gasteiger charge is -1.76. The van der Waals surface area contributed by atoms with E-state index in [4.69, 9.17) is 0 Å². The van der Waals surface area contributed by atoms with Gasteiger partial charge in [-0.05, 0) is 25.9 Å². The van der Waals surface area contributed by atoms with E-state index in [0.717, 1.165) is 0 Å². The van der Waals surface area contributed by atoms with Gasteiger partial charge in [-0.15, -0.1) is 0 Å². The molecule has 0 aliphatic carbocycles. The second-order valence-corrected chi connectivity index (χ2v) is 2.61. The Bertz CT molecular complexity index is 122. The first-order valence-corrected chi connectivity index (χ1v) is 5.21. The lowest BCUT2D eigenvalue weighted by atomic mass is 10.4. The minimum atomic E-state index is 1.25. The quantitative estimate of drug-likeness (QED) is 0.645. The van der Waals surface area contributed by atoms with E-state index in [-0.39, 0.29) is 0 Å². The molecule has 1 aromatic carbocycles. The van der Waals surface area contributed by atoms with Crippen LogP contribution in [0.15, 0.2) is 36.4 Å². The lowest BCUT2D eigenvalue weighted by molar-refractivity contribution is 0.857. The van der Waals surface area contributed by atoms with Crippen LogP contribution in [0, 0.1) is 0 Å². The average molecular weight is 179 g/mol. The van der Waals surface area contributed by atoms with Gasteiger partial charge in [0.05, 0.1) is 0 Å². The third-order valence-corrected chi connectivity index (χ3v) is 1.62. The molecule has 0 spiro atoms. The van der Waals surface area contributed by atoms with Gasteiger partial charge < -0.3 is 5.32 Å². The summed E-state index contributed by atoms with van der Waals surface area (Å²) in [7, 11) is 0. The van der Waals surface area contributed by atoms with Crippen LogP contribution >= 0.6 is 0 Å². The molecule has 0 bridgehead atoms. The molecule has 1 aliphatic rings. The van der Waals surface area contributed by atoms with Crippen LogP contribution in [-0.4, -0.2) is 13.1 Å². The average Bonchev–Trinajstić information content (AvgIpc) is 2.82. The summed E-state index contributed by atoms with van der Waals surface area (Å²) < 4.78 is 0. The summed E-state index contributed by atoms with van der Waals surface area (Å²) in [6.07, 6.45) is 2.78. The molecule has 1 fully saturated rings. The molecule has 1 aliphatic heterocycles. The number of hydrogen-bond acceptors (Lipinski definition) is 1. The van der Waals surface area contributed by atoms with E-state index in [9.17, 15) is 0 Å². The summed E-state index contributed by atoms with van der Waals surface area (Å²) in [6.45, 7) is 6.50. The summed E-state index contributed by atoms with van der Waals surface area (Å²) in [5.74, 6) is 0. The summed E-state index contributed by atoms with van der Waals surface area (Å²) in [6, 6.07) is 12.0. The van der Waals surface area contributed by atoms with Gasteiger partial charge in [0.1, 0.15) is 0 Å². The molecule has 0 unspecified atom stereocenters. The molecule has 2 rings (SSSR count). The van der Waals surface area contributed by atoms with Gasteiger partial charge >= 0.3 is 0 Å². The molecule has 0 radical (unpaired) electrons. The molecule has 0 atom stereocenters. The Kier molecular flexibility index (Phi) is 10.5. The van der Waals surface area contributed by atoms with E-state index < -0.39 is 0 Å². The number of benzene rings is 1. The highest BCUT2D eigenvalue weighted by molar-refractivity contribution is 4.99. The third-order valence-electron chi connectivity index (χ3n) is 1.62. The Morgan fingerprint density at radius 3 is 1.15 bits per heavy atom. The van der Waals surface area contributed by atoms with Crippen LogP contribution in [0.5, 0.6) is 0 Å². The van der Waals surface area contributed by atoms with Crippen molar-refractivity contribution in [1.82, 2.24) is 5.32 Å². The first kappa shape index (κ1) is 12.2. The maximum atomic E-state index is 3.22. The van der Waals surface area contributed by atoms with E-state index >= 15 is 0 Å². The first-order chi connectivity index (χ1) is 6.50. The molecular weight excluding hydrogens is 158 g/mol. The summed E-state index contributed by atoms with van der Waals surface area (Å²) in [5.41, 5.74) is 0. The van der Waals surface area contributed by atoms with Gasteiger partial charge in [0.2, 0.25) is 0 Å². The molecule has 74 valence electrons. The Hall–Kier alpha value is -0.820. The Balaban J connectivity index is 0.000000189. The minimum absolute atomic E-state index is 1.25. The zero-order valence-electron chi connectivity index (χ0n) is 8.79. The van der Waals surface area contributed by atoms with Crippen LogP contribution in [-0.2, 0) is 0 Å². The Morgan fingerprint density at radius 1 is 0.692 bits per heavy atom. The second-order valence-electron chi connectivity index (χ2n) is 2.61. The van der Waals surface area contributed by atoms with Crippen molar-refractivity contribution in [2.45, 2.75) is 26.7 Å². The zero-order chi connectivity index (χ0) is 9.78. The van der Waals surface area contributed by atoms with Crippen LogP contribution in [0.1, 0.15) is 26.7 Å². The molecule has 0 saturated carbocycles. The van der Waals surface area contributed by atoms with Gasteiger partial charge in [0.25, 0.3) is 0 Å². The van der Waals surface area contributed by atoms with Crippen molar-refractivity contribution < 1.29 is 0 Å². The lowest BCUT2D eigenvalue weighted by Crippen LogP contribution is -2.03. The van der Waals surface area contributed by atoms with Crippen molar-refractivity contribution >= 4 is 0 Å². The van der Waals surface area contributed by atoms with Crippen molar-refractivity contribution in [3.8, 4) is 0 Å². The minimum Gasteiger partial charge on any atom is -0.317 e. The fourth-order valence-electron chi connectivity index (χ4n) is 1.01. The molecule has 1 saturated heterocycles. The van der Waals surface area contributed by atoms with E-state index in [0.29, 0.717) is 0 Å². The van der Waals surface area contributed by atoms with Gasteiger partial charge in [-0.2, -0.15) is 0 Å². The molecule has 13 heavy (non-hydrogen) atoms. The molecule has 1 N–H and O–H groups in total. The molecule has 1 heterocycles. The van der Waals surface area contributed by atoms with Crippen molar-refractivity contribution in [2.75, 3.05) is 13.1 Å². The monoisotopic (exact) mass is 179 g/mol. The van der Waals surface area contributed by atoms with E-state index in [2.05, 4.69) is 5.32 Å². The zero-order valence-corrected chi connectivity index (χ0v) is 8.79. The molecule has 0 amide bonds. The largest absolute Gasteiger partial charge is 0.317 e. The Morgan fingerprint density at radius 2 is 1.00 bits per heavy atom. The second kappa shape index (κ2) is 11.2. The maximum Gasteiger partial charge on any atom is -0.00484 e. The van der Waals surface area contributed by atoms with Gasteiger partial charge in [-0.1, -0.05) is 50.2 Å². The van der Waals surface area contributed by atoms with Crippen molar-refractivity contribution in [1.29, 1.82) is 0 Å². The van der Waals surface area contributed by atoms with Crippen LogP contribution < -0.4 is 5.32 Å². The SMILES string of the molecule is C1CCNC1.CC.c1ccccc1. The summed E-state index contributed by atoms with van der Waals surface area (Å²) in [5, 5.41) is 3.22. The van der Waals surface area contributed by atoms with E-state index in [1.807, 2.05) is 50.2 Å². The smallest absolute Gasteiger partial charge is 0.00484 e. The van der Waals surface area contributed by atoms with Crippen molar-refractivity contribution in [2.24, 2.45) is 0 Å². The molecule has 1 heteroatoms. The van der Waals surface area contributed by atoms with Gasteiger partial charge in [0, 0.05) is 0 Å². The predicted octanol–water partition coefficient (Wildman–Crippen LogP) is 3.08. The standard InChI is InChI=1S/C6H6.C4H9N.C2H6/c1-2-4-6-5-3-1;1-2-4-5-3-1;1-2/h1-6H;5H,1-4H2;1-2H3. The van der Waals surface area contributed by atoms with Crippen molar-refractivity contribution in [3.63, 3.8) is 0 Å². The van der Waals surface area contributed by atoms with Crippen LogP contribution in [0.2, 0.25) is 0 Å². The van der Waals surface area contributed by atoms with Gasteiger partial charge in [0.15, 0.2) is 0 Å². The maximum absolute atomic E-state index is 3.22. The van der Waals surface area contributed by atoms with E-state index in [1.165, 1.54) is 25.9 Å². The highest BCUT2D eigenvalue weighted by Gasteiger charge is 1.93. The topological polar surface area (TPSA) is 12.0 Å². The number of nitrogens with one attached hydrogen (secondary N) is 1.